The summed E-state index contributed by atoms with van der Waals surface area (Å²) in [5.41, 5.74) is 0.962. The maximum absolute atomic E-state index is 13.5. The molecule has 0 radical (unpaired) electrons. The lowest BCUT2D eigenvalue weighted by molar-refractivity contribution is -0.117. The van der Waals surface area contributed by atoms with E-state index in [1.165, 1.54) is 11.0 Å². The number of aromatic nitrogens is 2. The van der Waals surface area contributed by atoms with Gasteiger partial charge in [-0.2, -0.15) is 4.98 Å². The summed E-state index contributed by atoms with van der Waals surface area (Å²) in [6.07, 6.45) is 0.132. The van der Waals surface area contributed by atoms with E-state index in [1.54, 1.807) is 25.3 Å². The predicted molar refractivity (Wildman–Crippen MR) is 104 cm³/mol. The molecular weight excluding hydrogens is 396 g/mol. The van der Waals surface area contributed by atoms with Crippen LogP contribution < -0.4 is 14.4 Å². The Morgan fingerprint density at radius 3 is 2.73 bits per heavy atom. The summed E-state index contributed by atoms with van der Waals surface area (Å²) in [6, 6.07) is 8.65. The fraction of sp³-hybridized carbons (Fsp3) is 0.286. The van der Waals surface area contributed by atoms with Crippen LogP contribution in [-0.2, 0) is 4.79 Å². The molecule has 2 heterocycles. The minimum absolute atomic E-state index is 0.132. The molecule has 1 fully saturated rings. The monoisotopic (exact) mass is 415 g/mol. The van der Waals surface area contributed by atoms with Gasteiger partial charge < -0.3 is 18.9 Å². The summed E-state index contributed by atoms with van der Waals surface area (Å²) >= 11 is 0. The molecule has 0 spiro atoms. The number of carbonyl (C=O) groups is 1. The third-order valence-corrected chi connectivity index (χ3v) is 4.85. The number of anilines is 1. The highest BCUT2D eigenvalue weighted by molar-refractivity contribution is 5.96. The fourth-order valence-electron chi connectivity index (χ4n) is 3.38. The van der Waals surface area contributed by atoms with Crippen LogP contribution in [0.2, 0.25) is 0 Å². The van der Waals surface area contributed by atoms with E-state index < -0.39 is 11.6 Å². The van der Waals surface area contributed by atoms with Crippen molar-refractivity contribution >= 4 is 11.6 Å². The van der Waals surface area contributed by atoms with E-state index in [4.69, 9.17) is 14.0 Å². The van der Waals surface area contributed by atoms with Gasteiger partial charge in [-0.1, -0.05) is 5.16 Å². The van der Waals surface area contributed by atoms with Crippen LogP contribution in [0, 0.1) is 11.6 Å². The van der Waals surface area contributed by atoms with Crippen LogP contribution in [-0.4, -0.2) is 36.3 Å². The Labute approximate surface area is 171 Å². The molecule has 9 heteroatoms. The second kappa shape index (κ2) is 8.10. The third-order valence-electron chi connectivity index (χ3n) is 4.85. The second-order valence-electron chi connectivity index (χ2n) is 6.76. The molecule has 1 saturated heterocycles. The zero-order valence-electron chi connectivity index (χ0n) is 16.4. The molecule has 0 bridgehead atoms. The van der Waals surface area contributed by atoms with Gasteiger partial charge in [-0.05, 0) is 37.3 Å². The number of rotatable bonds is 6. The number of nitrogens with zero attached hydrogens (tertiary/aromatic N) is 3. The van der Waals surface area contributed by atoms with Crippen LogP contribution >= 0.6 is 0 Å². The van der Waals surface area contributed by atoms with E-state index in [2.05, 4.69) is 10.1 Å². The quantitative estimate of drug-likeness (QED) is 0.607. The van der Waals surface area contributed by atoms with Crippen LogP contribution in [0.1, 0.15) is 25.2 Å². The van der Waals surface area contributed by atoms with Gasteiger partial charge in [0.15, 0.2) is 23.1 Å². The van der Waals surface area contributed by atoms with Crippen LogP contribution in [0.5, 0.6) is 11.5 Å². The minimum atomic E-state index is -1.01. The van der Waals surface area contributed by atoms with Crippen molar-refractivity contribution in [2.24, 2.45) is 0 Å². The van der Waals surface area contributed by atoms with E-state index in [0.29, 0.717) is 35.4 Å². The highest BCUT2D eigenvalue weighted by atomic mass is 19.2. The van der Waals surface area contributed by atoms with Gasteiger partial charge in [-0.15, -0.1) is 0 Å². The molecule has 0 saturated carbocycles. The largest absolute Gasteiger partial charge is 0.493 e. The Morgan fingerprint density at radius 1 is 1.17 bits per heavy atom. The van der Waals surface area contributed by atoms with Crippen molar-refractivity contribution in [2.75, 3.05) is 25.2 Å². The number of carbonyl (C=O) groups excluding carboxylic acids is 1. The van der Waals surface area contributed by atoms with Gasteiger partial charge in [0.2, 0.25) is 17.6 Å². The Bertz CT molecular complexity index is 1090. The number of benzene rings is 2. The van der Waals surface area contributed by atoms with E-state index >= 15 is 0 Å². The number of halogens is 2. The Morgan fingerprint density at radius 2 is 2.00 bits per heavy atom. The lowest BCUT2D eigenvalue weighted by Crippen LogP contribution is -2.24. The molecule has 1 aromatic heterocycles. The molecule has 2 aromatic carbocycles. The maximum Gasteiger partial charge on any atom is 0.232 e. The highest BCUT2D eigenvalue weighted by Crippen LogP contribution is 2.34. The zero-order valence-corrected chi connectivity index (χ0v) is 16.4. The van der Waals surface area contributed by atoms with Gasteiger partial charge in [0.1, 0.15) is 0 Å². The minimum Gasteiger partial charge on any atom is -0.493 e. The molecule has 1 amide bonds. The summed E-state index contributed by atoms with van der Waals surface area (Å²) in [4.78, 5) is 18.2. The van der Waals surface area contributed by atoms with Crippen molar-refractivity contribution in [3.63, 3.8) is 0 Å². The lowest BCUT2D eigenvalue weighted by atomic mass is 10.1. The number of ether oxygens (including phenoxy) is 2. The Hall–Kier alpha value is -3.49. The summed E-state index contributed by atoms with van der Waals surface area (Å²) < 4.78 is 42.9. The summed E-state index contributed by atoms with van der Waals surface area (Å²) in [5, 5.41) is 4.01. The van der Waals surface area contributed by atoms with Gasteiger partial charge in [-0.25, -0.2) is 8.78 Å². The molecule has 0 aliphatic carbocycles. The van der Waals surface area contributed by atoms with E-state index in [-0.39, 0.29) is 30.5 Å². The first-order valence-corrected chi connectivity index (χ1v) is 9.40. The molecule has 1 aliphatic rings. The predicted octanol–water partition coefficient (Wildman–Crippen LogP) is 3.94. The van der Waals surface area contributed by atoms with Gasteiger partial charge in [-0.3, -0.25) is 4.79 Å². The standard InChI is InChI=1S/C21H19F2N3O4/c1-3-29-17-7-4-12(8-18(17)28-2)20-24-21(30-25-20)13-9-19(27)26(11-13)14-5-6-15(22)16(23)10-14/h4-8,10,13H,3,9,11H2,1-2H3. The van der Waals surface area contributed by atoms with Gasteiger partial charge in [0.25, 0.3) is 0 Å². The first-order chi connectivity index (χ1) is 14.5. The van der Waals surface area contributed by atoms with Gasteiger partial charge in [0.05, 0.1) is 19.6 Å². The first-order valence-electron chi connectivity index (χ1n) is 9.40. The molecule has 156 valence electrons. The average molecular weight is 415 g/mol. The smallest absolute Gasteiger partial charge is 0.232 e. The van der Waals surface area contributed by atoms with Crippen molar-refractivity contribution in [1.29, 1.82) is 0 Å². The number of hydrogen-bond donors (Lipinski definition) is 0. The van der Waals surface area contributed by atoms with Crippen molar-refractivity contribution < 1.29 is 27.6 Å². The number of hydrogen-bond acceptors (Lipinski definition) is 6. The van der Waals surface area contributed by atoms with Crippen LogP contribution in [0.15, 0.2) is 40.9 Å². The first kappa shape index (κ1) is 19.8. The molecular formula is C21H19F2N3O4. The molecule has 30 heavy (non-hydrogen) atoms. The van der Waals surface area contributed by atoms with Crippen molar-refractivity contribution in [3.8, 4) is 22.9 Å². The van der Waals surface area contributed by atoms with E-state index in [1.807, 2.05) is 6.92 Å². The summed E-state index contributed by atoms with van der Waals surface area (Å²) in [5.74, 6) is -0.744. The van der Waals surface area contributed by atoms with Gasteiger partial charge in [0, 0.05) is 30.3 Å². The van der Waals surface area contributed by atoms with Crippen molar-refractivity contribution in [2.45, 2.75) is 19.3 Å². The maximum atomic E-state index is 13.5. The molecule has 7 nitrogen and oxygen atoms in total. The molecule has 4 rings (SSSR count). The molecule has 1 atom stereocenters. The summed E-state index contributed by atoms with van der Waals surface area (Å²) in [7, 11) is 1.54. The topological polar surface area (TPSA) is 77.7 Å². The van der Waals surface area contributed by atoms with Crippen LogP contribution in [0.25, 0.3) is 11.4 Å². The van der Waals surface area contributed by atoms with Gasteiger partial charge >= 0.3 is 0 Å². The van der Waals surface area contributed by atoms with E-state index in [9.17, 15) is 13.6 Å². The third kappa shape index (κ3) is 3.70. The Kier molecular flexibility index (Phi) is 5.35. The second-order valence-corrected chi connectivity index (χ2v) is 6.76. The van der Waals surface area contributed by atoms with Crippen LogP contribution in [0.3, 0.4) is 0 Å². The molecule has 3 aromatic rings. The lowest BCUT2D eigenvalue weighted by Gasteiger charge is -2.16. The van der Waals surface area contributed by atoms with Crippen molar-refractivity contribution in [3.05, 3.63) is 53.9 Å². The molecule has 1 aliphatic heterocycles. The Balaban J connectivity index is 1.54. The SMILES string of the molecule is CCOc1ccc(-c2noc(C3CC(=O)N(c4ccc(F)c(F)c4)C3)n2)cc1OC. The zero-order chi connectivity index (χ0) is 21.3. The number of amides is 1. The average Bonchev–Trinajstić information content (AvgIpc) is 3.38. The molecule has 1 unspecified atom stereocenters. The molecule has 0 N–H and O–H groups in total. The van der Waals surface area contributed by atoms with Crippen LogP contribution in [0.4, 0.5) is 14.5 Å². The summed E-state index contributed by atoms with van der Waals surface area (Å²) in [6.45, 7) is 2.62. The van der Waals surface area contributed by atoms with Crippen molar-refractivity contribution in [1.82, 2.24) is 10.1 Å². The van der Waals surface area contributed by atoms with E-state index in [0.717, 1.165) is 12.1 Å². The number of methoxy groups -OCH3 is 1. The fourth-order valence-corrected chi connectivity index (χ4v) is 3.38. The highest BCUT2D eigenvalue weighted by Gasteiger charge is 2.35. The normalized spacial score (nSPS) is 16.2.